The summed E-state index contributed by atoms with van der Waals surface area (Å²) in [7, 11) is 0. The summed E-state index contributed by atoms with van der Waals surface area (Å²) in [4.78, 5) is 45.9. The molecule has 9 nitrogen and oxygen atoms in total. The number of hydrogen-bond donors (Lipinski definition) is 2. The fourth-order valence-electron chi connectivity index (χ4n) is 2.18. The third-order valence-electron chi connectivity index (χ3n) is 3.55. The first kappa shape index (κ1) is 21.9. The maximum Gasteiger partial charge on any atom is 0.317 e. The molecule has 0 aliphatic rings. The average Bonchev–Trinajstić information content (AvgIpc) is 2.67. The molecule has 0 saturated carbocycles. The lowest BCUT2D eigenvalue weighted by Gasteiger charge is -2.14. The van der Waals surface area contributed by atoms with Gasteiger partial charge >= 0.3 is 5.97 Å². The molecule has 0 aliphatic carbocycles. The average molecular weight is 417 g/mol. The van der Waals surface area contributed by atoms with Crippen LogP contribution in [0.1, 0.15) is 13.8 Å². The van der Waals surface area contributed by atoms with Crippen molar-refractivity contribution in [1.82, 2.24) is 0 Å². The predicted octanol–water partition coefficient (Wildman–Crippen LogP) is 3.22. The van der Waals surface area contributed by atoms with Gasteiger partial charge < -0.3 is 15.4 Å². The minimum Gasteiger partial charge on any atom is -0.452 e. The summed E-state index contributed by atoms with van der Waals surface area (Å²) in [5.41, 5.74) is 1.05. The van der Waals surface area contributed by atoms with Crippen LogP contribution >= 0.6 is 11.8 Å². The number of hydrogen-bond acceptors (Lipinski definition) is 7. The quantitative estimate of drug-likeness (QED) is 0.292. The molecule has 0 radical (unpaired) electrons. The molecule has 2 rings (SSSR count). The molecule has 152 valence electrons. The topological polar surface area (TPSA) is 128 Å². The number of non-ortho nitro benzene ring substituents is 1. The van der Waals surface area contributed by atoms with Crippen LogP contribution in [0.3, 0.4) is 0 Å². The predicted molar refractivity (Wildman–Crippen MR) is 109 cm³/mol. The summed E-state index contributed by atoms with van der Waals surface area (Å²) < 4.78 is 5.11. The number of anilines is 2. The van der Waals surface area contributed by atoms with Crippen molar-refractivity contribution < 1.29 is 24.0 Å². The number of ether oxygens (including phenoxy) is 1. The number of amides is 2. The van der Waals surface area contributed by atoms with Gasteiger partial charge in [-0.2, -0.15) is 0 Å². The number of carbonyl (C=O) groups excluding carboxylic acids is 3. The van der Waals surface area contributed by atoms with E-state index in [-0.39, 0.29) is 17.3 Å². The van der Waals surface area contributed by atoms with Gasteiger partial charge in [-0.15, -0.1) is 11.8 Å². The van der Waals surface area contributed by atoms with Crippen molar-refractivity contribution in [1.29, 1.82) is 0 Å². The smallest absolute Gasteiger partial charge is 0.317 e. The number of rotatable bonds is 8. The Morgan fingerprint density at radius 1 is 1.03 bits per heavy atom. The standard InChI is InChI=1S/C19H19N3O6S/c1-12(19(25)21-15-5-3-14(4-6-15)20-13(2)23)28-18(24)11-29-17-9-7-16(8-10-17)22(26)27/h3-10,12H,11H2,1-2H3,(H,20,23)(H,21,25)/t12-/m0/s1. The maximum atomic E-state index is 12.2. The van der Waals surface area contributed by atoms with E-state index in [1.54, 1.807) is 24.3 Å². The number of thioether (sulfide) groups is 1. The maximum absolute atomic E-state index is 12.2. The van der Waals surface area contributed by atoms with E-state index in [4.69, 9.17) is 4.74 Å². The van der Waals surface area contributed by atoms with E-state index in [1.807, 2.05) is 0 Å². The third-order valence-corrected chi connectivity index (χ3v) is 4.54. The Labute approximate surface area is 171 Å². The number of esters is 1. The molecule has 0 fully saturated rings. The van der Waals surface area contributed by atoms with Gasteiger partial charge in [0.2, 0.25) is 5.91 Å². The Hall–Kier alpha value is -3.40. The highest BCUT2D eigenvalue weighted by atomic mass is 32.2. The van der Waals surface area contributed by atoms with E-state index >= 15 is 0 Å². The van der Waals surface area contributed by atoms with Gasteiger partial charge in [-0.1, -0.05) is 0 Å². The van der Waals surface area contributed by atoms with Gasteiger partial charge in [0.25, 0.3) is 11.6 Å². The molecule has 2 N–H and O–H groups in total. The number of nitro benzene ring substituents is 1. The van der Waals surface area contributed by atoms with E-state index in [2.05, 4.69) is 10.6 Å². The summed E-state index contributed by atoms with van der Waals surface area (Å²) in [6.45, 7) is 2.85. The van der Waals surface area contributed by atoms with Crippen LogP contribution in [0.4, 0.5) is 17.1 Å². The summed E-state index contributed by atoms with van der Waals surface area (Å²) in [5, 5.41) is 15.9. The van der Waals surface area contributed by atoms with Crippen LogP contribution in [0, 0.1) is 10.1 Å². The zero-order chi connectivity index (χ0) is 21.4. The van der Waals surface area contributed by atoms with E-state index < -0.39 is 22.9 Å². The van der Waals surface area contributed by atoms with Gasteiger partial charge in [-0.25, -0.2) is 0 Å². The van der Waals surface area contributed by atoms with E-state index in [1.165, 1.54) is 38.1 Å². The van der Waals surface area contributed by atoms with E-state index in [0.29, 0.717) is 16.3 Å². The minimum atomic E-state index is -1.00. The highest BCUT2D eigenvalue weighted by molar-refractivity contribution is 8.00. The molecule has 1 atom stereocenters. The second kappa shape index (κ2) is 10.2. The lowest BCUT2D eigenvalue weighted by Crippen LogP contribution is -2.30. The second-order valence-electron chi connectivity index (χ2n) is 5.92. The van der Waals surface area contributed by atoms with Crippen LogP contribution in [0.15, 0.2) is 53.4 Å². The normalized spacial score (nSPS) is 11.2. The highest BCUT2D eigenvalue weighted by Crippen LogP contribution is 2.21. The van der Waals surface area contributed by atoms with Crippen LogP contribution < -0.4 is 10.6 Å². The molecular weight excluding hydrogens is 398 g/mol. The Morgan fingerprint density at radius 3 is 2.10 bits per heavy atom. The molecule has 0 bridgehead atoms. The summed E-state index contributed by atoms with van der Waals surface area (Å²) in [5.74, 6) is -1.32. The van der Waals surface area contributed by atoms with Gasteiger partial charge in [0, 0.05) is 35.3 Å². The summed E-state index contributed by atoms with van der Waals surface area (Å²) >= 11 is 1.15. The molecule has 0 saturated heterocycles. The number of benzene rings is 2. The molecule has 0 spiro atoms. The zero-order valence-corrected chi connectivity index (χ0v) is 16.5. The van der Waals surface area contributed by atoms with Crippen molar-refractivity contribution in [2.45, 2.75) is 24.8 Å². The Kier molecular flexibility index (Phi) is 7.72. The molecule has 2 aromatic rings. The molecular formula is C19H19N3O6S. The van der Waals surface area contributed by atoms with Crippen molar-refractivity contribution in [3.05, 3.63) is 58.6 Å². The monoisotopic (exact) mass is 417 g/mol. The molecule has 0 aromatic heterocycles. The first-order valence-corrected chi connectivity index (χ1v) is 9.48. The van der Waals surface area contributed by atoms with Crippen LogP contribution in [0.25, 0.3) is 0 Å². The molecule has 2 amide bonds. The Balaban J connectivity index is 1.79. The van der Waals surface area contributed by atoms with Gasteiger partial charge in [0.15, 0.2) is 6.10 Å². The molecule has 2 aromatic carbocycles. The Morgan fingerprint density at radius 2 is 1.59 bits per heavy atom. The zero-order valence-electron chi connectivity index (χ0n) is 15.7. The largest absolute Gasteiger partial charge is 0.452 e. The SMILES string of the molecule is CC(=O)Nc1ccc(NC(=O)[C@H](C)OC(=O)CSc2ccc([N+](=O)[O-])cc2)cc1. The van der Waals surface area contributed by atoms with E-state index in [0.717, 1.165) is 11.8 Å². The van der Waals surface area contributed by atoms with Gasteiger partial charge in [0.05, 0.1) is 10.7 Å². The van der Waals surface area contributed by atoms with Crippen molar-refractivity contribution in [2.75, 3.05) is 16.4 Å². The van der Waals surface area contributed by atoms with Crippen LogP contribution in [0.2, 0.25) is 0 Å². The van der Waals surface area contributed by atoms with Crippen molar-refractivity contribution in [3.63, 3.8) is 0 Å². The number of nitrogens with zero attached hydrogens (tertiary/aromatic N) is 1. The van der Waals surface area contributed by atoms with Crippen LogP contribution in [0.5, 0.6) is 0 Å². The van der Waals surface area contributed by atoms with Crippen molar-refractivity contribution in [2.24, 2.45) is 0 Å². The van der Waals surface area contributed by atoms with Crippen molar-refractivity contribution in [3.8, 4) is 0 Å². The lowest BCUT2D eigenvalue weighted by atomic mass is 10.2. The second-order valence-corrected chi connectivity index (χ2v) is 6.97. The number of carbonyl (C=O) groups is 3. The fourth-order valence-corrected chi connectivity index (χ4v) is 2.86. The Bertz CT molecular complexity index is 899. The molecule has 0 unspecified atom stereocenters. The number of nitrogens with one attached hydrogen (secondary N) is 2. The van der Waals surface area contributed by atoms with Gasteiger partial charge in [0.1, 0.15) is 0 Å². The molecule has 0 aliphatic heterocycles. The van der Waals surface area contributed by atoms with Gasteiger partial charge in [-0.3, -0.25) is 24.5 Å². The lowest BCUT2D eigenvalue weighted by molar-refractivity contribution is -0.384. The van der Waals surface area contributed by atoms with E-state index in [9.17, 15) is 24.5 Å². The van der Waals surface area contributed by atoms with Gasteiger partial charge in [-0.05, 0) is 43.3 Å². The van der Waals surface area contributed by atoms with Crippen molar-refractivity contribution >= 4 is 46.6 Å². The fraction of sp³-hybridized carbons (Fsp3) is 0.211. The third kappa shape index (κ3) is 7.26. The van der Waals surface area contributed by atoms with Crippen LogP contribution in [-0.4, -0.2) is 34.6 Å². The van der Waals surface area contributed by atoms with Crippen LogP contribution in [-0.2, 0) is 19.1 Å². The molecule has 29 heavy (non-hydrogen) atoms. The minimum absolute atomic E-state index is 0.0349. The first-order chi connectivity index (χ1) is 13.7. The first-order valence-electron chi connectivity index (χ1n) is 8.50. The highest BCUT2D eigenvalue weighted by Gasteiger charge is 2.18. The number of nitro groups is 1. The molecule has 10 heteroatoms. The molecule has 0 heterocycles. The summed E-state index contributed by atoms with van der Waals surface area (Å²) in [6, 6.07) is 12.3. The summed E-state index contributed by atoms with van der Waals surface area (Å²) in [6.07, 6.45) is -1.00.